The molecular weight excluding hydrogens is 314 g/mol. The minimum Gasteiger partial charge on any atom is -0.340 e. The average Bonchev–Trinajstić information content (AvgIpc) is 2.94. The molecule has 25 heavy (non-hydrogen) atoms. The topological polar surface area (TPSA) is 81.8 Å². The highest BCUT2D eigenvalue weighted by molar-refractivity contribution is 5.82. The lowest BCUT2D eigenvalue weighted by atomic mass is 10.2. The molecule has 1 atom stereocenters. The average molecular weight is 337 g/mol. The van der Waals surface area contributed by atoms with Gasteiger partial charge in [-0.15, -0.1) is 0 Å². The summed E-state index contributed by atoms with van der Waals surface area (Å²) < 4.78 is 0. The Morgan fingerprint density at radius 2 is 2.16 bits per heavy atom. The third-order valence-electron chi connectivity index (χ3n) is 4.42. The van der Waals surface area contributed by atoms with E-state index in [1.54, 1.807) is 0 Å². The van der Waals surface area contributed by atoms with E-state index in [4.69, 9.17) is 4.98 Å². The zero-order valence-corrected chi connectivity index (χ0v) is 14.6. The van der Waals surface area contributed by atoms with Gasteiger partial charge in [-0.05, 0) is 37.6 Å². The second-order valence-corrected chi connectivity index (χ2v) is 6.75. The molecule has 3 N–H and O–H groups in total. The number of nitrogens with zero attached hydrogens (tertiary/aromatic N) is 4. The molecular formula is C18H23N7. The summed E-state index contributed by atoms with van der Waals surface area (Å²) in [5.41, 5.74) is 2.97. The lowest BCUT2D eigenvalue weighted by Crippen LogP contribution is -2.31. The molecule has 2 aromatic heterocycles. The molecule has 0 amide bonds. The van der Waals surface area contributed by atoms with Gasteiger partial charge in [0.05, 0.1) is 11.7 Å². The number of rotatable bonds is 3. The third kappa shape index (κ3) is 3.56. The second kappa shape index (κ2) is 6.68. The van der Waals surface area contributed by atoms with Gasteiger partial charge < -0.3 is 15.5 Å². The summed E-state index contributed by atoms with van der Waals surface area (Å²) in [6, 6.07) is 8.08. The Morgan fingerprint density at radius 3 is 3.08 bits per heavy atom. The summed E-state index contributed by atoms with van der Waals surface area (Å²) in [5.74, 6) is 2.18. The van der Waals surface area contributed by atoms with Gasteiger partial charge in [0.25, 0.3) is 0 Å². The van der Waals surface area contributed by atoms with E-state index < -0.39 is 0 Å². The van der Waals surface area contributed by atoms with Crippen molar-refractivity contribution in [1.29, 1.82) is 0 Å². The van der Waals surface area contributed by atoms with Gasteiger partial charge >= 0.3 is 0 Å². The summed E-state index contributed by atoms with van der Waals surface area (Å²) in [5, 5.41) is 15.0. The predicted octanol–water partition coefficient (Wildman–Crippen LogP) is 2.45. The van der Waals surface area contributed by atoms with Crippen LogP contribution >= 0.6 is 0 Å². The minimum absolute atomic E-state index is 0.575. The number of nitrogens with one attached hydrogen (secondary N) is 3. The summed E-state index contributed by atoms with van der Waals surface area (Å²) >= 11 is 0. The van der Waals surface area contributed by atoms with Gasteiger partial charge in [0.15, 0.2) is 0 Å². The van der Waals surface area contributed by atoms with Crippen molar-refractivity contribution in [2.24, 2.45) is 5.92 Å². The standard InChI is InChI=1S/C18H23N7/c1-12-9-19-5-6-25(11-12)18-21-13(2)7-17(23-18)22-15-3-4-16-14(8-15)10-20-24-16/h3-4,7-8,10,12,19H,5-6,9,11H2,1-2H3,(H,20,24)(H,21,22,23). The fourth-order valence-electron chi connectivity index (χ4n) is 3.20. The Labute approximate surface area is 146 Å². The summed E-state index contributed by atoms with van der Waals surface area (Å²) in [7, 11) is 0. The molecule has 1 aliphatic heterocycles. The molecule has 7 heteroatoms. The first-order chi connectivity index (χ1) is 12.2. The van der Waals surface area contributed by atoms with Crippen LogP contribution in [0.1, 0.15) is 12.6 Å². The first kappa shape index (κ1) is 15.8. The van der Waals surface area contributed by atoms with Crippen molar-refractivity contribution in [2.45, 2.75) is 13.8 Å². The Bertz CT molecular complexity index is 873. The molecule has 0 spiro atoms. The largest absolute Gasteiger partial charge is 0.340 e. The maximum absolute atomic E-state index is 4.75. The normalized spacial score (nSPS) is 18.3. The highest BCUT2D eigenvalue weighted by Gasteiger charge is 2.17. The number of aromatic amines is 1. The van der Waals surface area contributed by atoms with Crippen molar-refractivity contribution >= 4 is 28.4 Å². The quantitative estimate of drug-likeness (QED) is 0.681. The molecule has 0 saturated carbocycles. The van der Waals surface area contributed by atoms with Crippen LogP contribution in [0.2, 0.25) is 0 Å². The summed E-state index contributed by atoms with van der Waals surface area (Å²) in [6.45, 7) is 8.15. The molecule has 3 heterocycles. The van der Waals surface area contributed by atoms with E-state index in [1.807, 2.05) is 31.3 Å². The second-order valence-electron chi connectivity index (χ2n) is 6.75. The van der Waals surface area contributed by atoms with Gasteiger partial charge in [0.2, 0.25) is 5.95 Å². The van der Waals surface area contributed by atoms with Crippen LogP contribution in [0.25, 0.3) is 10.9 Å². The van der Waals surface area contributed by atoms with Crippen molar-refractivity contribution in [3.05, 3.63) is 36.2 Å². The molecule has 7 nitrogen and oxygen atoms in total. The number of hydrogen-bond donors (Lipinski definition) is 3. The van der Waals surface area contributed by atoms with E-state index in [-0.39, 0.29) is 0 Å². The number of H-pyrrole nitrogens is 1. The van der Waals surface area contributed by atoms with Crippen LogP contribution in [-0.2, 0) is 0 Å². The van der Waals surface area contributed by atoms with Gasteiger partial charge in [-0.2, -0.15) is 10.1 Å². The molecule has 4 rings (SSSR count). The molecule has 1 aromatic carbocycles. The zero-order valence-electron chi connectivity index (χ0n) is 14.6. The highest BCUT2D eigenvalue weighted by Crippen LogP contribution is 2.22. The van der Waals surface area contributed by atoms with Crippen LogP contribution in [0.15, 0.2) is 30.5 Å². The Hall–Kier alpha value is -2.67. The van der Waals surface area contributed by atoms with E-state index >= 15 is 0 Å². The summed E-state index contributed by atoms with van der Waals surface area (Å²) in [4.78, 5) is 11.7. The molecule has 130 valence electrons. The van der Waals surface area contributed by atoms with Crippen molar-refractivity contribution < 1.29 is 0 Å². The van der Waals surface area contributed by atoms with Gasteiger partial charge in [0.1, 0.15) is 5.82 Å². The van der Waals surface area contributed by atoms with Gasteiger partial charge in [-0.25, -0.2) is 4.98 Å². The summed E-state index contributed by atoms with van der Waals surface area (Å²) in [6.07, 6.45) is 1.82. The first-order valence-electron chi connectivity index (χ1n) is 8.69. The van der Waals surface area contributed by atoms with E-state index in [0.717, 1.165) is 60.2 Å². The van der Waals surface area contributed by atoms with E-state index in [2.05, 4.69) is 43.7 Å². The fraction of sp³-hybridized carbons (Fsp3) is 0.389. The molecule has 3 aromatic rings. The highest BCUT2D eigenvalue weighted by atomic mass is 15.3. The molecule has 1 fully saturated rings. The van der Waals surface area contributed by atoms with Crippen LogP contribution in [0.5, 0.6) is 0 Å². The van der Waals surface area contributed by atoms with Crippen molar-refractivity contribution in [3.63, 3.8) is 0 Å². The number of benzene rings is 1. The van der Waals surface area contributed by atoms with Crippen molar-refractivity contribution in [3.8, 4) is 0 Å². The number of aryl methyl sites for hydroxylation is 1. The molecule has 1 unspecified atom stereocenters. The SMILES string of the molecule is Cc1cc(Nc2ccc3[nH]ncc3c2)nc(N2CCNCC(C)C2)n1. The Balaban J connectivity index is 1.60. The minimum atomic E-state index is 0.575. The van der Waals surface area contributed by atoms with E-state index in [9.17, 15) is 0 Å². The van der Waals surface area contributed by atoms with Crippen LogP contribution in [0.4, 0.5) is 17.5 Å². The first-order valence-corrected chi connectivity index (χ1v) is 8.69. The molecule has 1 saturated heterocycles. The smallest absolute Gasteiger partial charge is 0.227 e. The molecule has 1 aliphatic rings. The Morgan fingerprint density at radius 1 is 1.24 bits per heavy atom. The van der Waals surface area contributed by atoms with Gasteiger partial charge in [-0.3, -0.25) is 5.10 Å². The molecule has 0 radical (unpaired) electrons. The maximum atomic E-state index is 4.75. The predicted molar refractivity (Wildman–Crippen MR) is 100 cm³/mol. The van der Waals surface area contributed by atoms with Crippen molar-refractivity contribution in [2.75, 3.05) is 36.4 Å². The number of aromatic nitrogens is 4. The number of anilines is 3. The Kier molecular flexibility index (Phi) is 4.23. The lowest BCUT2D eigenvalue weighted by Gasteiger charge is -2.23. The van der Waals surface area contributed by atoms with E-state index in [0.29, 0.717) is 5.92 Å². The zero-order chi connectivity index (χ0) is 17.2. The molecule has 0 aliphatic carbocycles. The van der Waals surface area contributed by atoms with Crippen LogP contribution < -0.4 is 15.5 Å². The number of fused-ring (bicyclic) bond motifs is 1. The molecule has 0 bridgehead atoms. The van der Waals surface area contributed by atoms with Crippen LogP contribution in [-0.4, -0.2) is 46.3 Å². The fourth-order valence-corrected chi connectivity index (χ4v) is 3.20. The lowest BCUT2D eigenvalue weighted by molar-refractivity contribution is 0.561. The van der Waals surface area contributed by atoms with Gasteiger partial charge in [-0.1, -0.05) is 6.92 Å². The third-order valence-corrected chi connectivity index (χ3v) is 4.42. The van der Waals surface area contributed by atoms with E-state index in [1.165, 1.54) is 0 Å². The van der Waals surface area contributed by atoms with Crippen LogP contribution in [0, 0.1) is 12.8 Å². The van der Waals surface area contributed by atoms with Crippen molar-refractivity contribution in [1.82, 2.24) is 25.5 Å². The van der Waals surface area contributed by atoms with Crippen LogP contribution in [0.3, 0.4) is 0 Å². The maximum Gasteiger partial charge on any atom is 0.227 e. The number of hydrogen-bond acceptors (Lipinski definition) is 6. The van der Waals surface area contributed by atoms with Gasteiger partial charge in [0, 0.05) is 42.5 Å². The monoisotopic (exact) mass is 337 g/mol.